The van der Waals surface area contributed by atoms with Gasteiger partial charge in [0.25, 0.3) is 0 Å². The van der Waals surface area contributed by atoms with Crippen molar-refractivity contribution in [3.63, 3.8) is 0 Å². The topological polar surface area (TPSA) is 115 Å². The highest BCUT2D eigenvalue weighted by molar-refractivity contribution is 7.89. The molecular formula is C24H31N7O3S. The van der Waals surface area contributed by atoms with E-state index in [4.69, 9.17) is 0 Å². The number of carbonyl (C=O) groups is 1. The Kier molecular flexibility index (Phi) is 6.72. The molecule has 1 unspecified atom stereocenters. The summed E-state index contributed by atoms with van der Waals surface area (Å²) in [5, 5.41) is 3.91. The van der Waals surface area contributed by atoms with Gasteiger partial charge < -0.3 is 15.2 Å². The van der Waals surface area contributed by atoms with Gasteiger partial charge in [-0.1, -0.05) is 12.5 Å². The first kappa shape index (κ1) is 23.7. The highest BCUT2D eigenvalue weighted by atomic mass is 32.2. The molecule has 0 saturated carbocycles. The molecule has 0 radical (unpaired) electrons. The summed E-state index contributed by atoms with van der Waals surface area (Å²) >= 11 is 0. The molecule has 0 aliphatic carbocycles. The molecule has 10 nitrogen and oxygen atoms in total. The highest BCUT2D eigenvalue weighted by Crippen LogP contribution is 2.25. The normalized spacial score (nSPS) is 19.1. The Hall–Kier alpha value is -3.02. The first-order chi connectivity index (χ1) is 16.9. The van der Waals surface area contributed by atoms with Crippen LogP contribution in [0.1, 0.15) is 26.2 Å². The Morgan fingerprint density at radius 3 is 2.57 bits per heavy atom. The molecule has 0 bridgehead atoms. The molecule has 2 fully saturated rings. The lowest BCUT2D eigenvalue weighted by Crippen LogP contribution is -2.53. The molecule has 2 saturated heterocycles. The second kappa shape index (κ2) is 9.92. The smallest absolute Gasteiger partial charge is 0.243 e. The number of nitrogens with one attached hydrogen (secondary N) is 2. The second-order valence-corrected chi connectivity index (χ2v) is 11.1. The molecule has 186 valence electrons. The van der Waals surface area contributed by atoms with Crippen molar-refractivity contribution in [2.24, 2.45) is 0 Å². The third-order valence-electron chi connectivity index (χ3n) is 6.93. The van der Waals surface area contributed by atoms with Gasteiger partial charge in [0.1, 0.15) is 17.8 Å². The van der Waals surface area contributed by atoms with Crippen molar-refractivity contribution in [1.29, 1.82) is 0 Å². The molecule has 3 aromatic rings. The van der Waals surface area contributed by atoms with Crippen LogP contribution >= 0.6 is 0 Å². The van der Waals surface area contributed by atoms with Gasteiger partial charge in [0.05, 0.1) is 16.3 Å². The molecule has 2 aliphatic rings. The van der Waals surface area contributed by atoms with Crippen molar-refractivity contribution in [2.75, 3.05) is 49.5 Å². The average molecular weight is 498 g/mol. The fourth-order valence-corrected chi connectivity index (χ4v) is 6.40. The molecule has 0 spiro atoms. The number of nitrogens with zero attached hydrogens (tertiary/aromatic N) is 5. The van der Waals surface area contributed by atoms with Gasteiger partial charge in [-0.25, -0.2) is 18.4 Å². The van der Waals surface area contributed by atoms with Crippen molar-refractivity contribution < 1.29 is 13.2 Å². The van der Waals surface area contributed by atoms with E-state index >= 15 is 0 Å². The van der Waals surface area contributed by atoms with Crippen molar-refractivity contribution in [3.05, 3.63) is 42.9 Å². The standard InChI is InChI=1S/C24H31N7O3S/c1-18(29-12-14-30(15-13-29)23-21-8-9-25-22(21)26-17-27-23)24(32)28-19-6-5-7-20(16-19)35(33,34)31-10-3-2-4-11-31/h5-9,16-18H,2-4,10-15H2,1H3,(H,28,32)(H,25,26,27). The molecule has 1 aromatic carbocycles. The maximum atomic E-state index is 13.0. The molecule has 1 amide bonds. The zero-order chi connectivity index (χ0) is 24.4. The van der Waals surface area contributed by atoms with Crippen LogP contribution in [0.15, 0.2) is 47.8 Å². The van der Waals surface area contributed by atoms with Crippen LogP contribution in [-0.4, -0.2) is 83.8 Å². The number of hydrogen-bond donors (Lipinski definition) is 2. The number of sulfonamides is 1. The van der Waals surface area contributed by atoms with Gasteiger partial charge in [0.2, 0.25) is 15.9 Å². The van der Waals surface area contributed by atoms with E-state index in [1.54, 1.807) is 34.9 Å². The summed E-state index contributed by atoms with van der Waals surface area (Å²) in [6.45, 7) is 5.91. The molecule has 4 heterocycles. The van der Waals surface area contributed by atoms with E-state index in [0.29, 0.717) is 31.9 Å². The van der Waals surface area contributed by atoms with Gasteiger partial charge in [0, 0.05) is 51.2 Å². The third-order valence-corrected chi connectivity index (χ3v) is 8.82. The van der Waals surface area contributed by atoms with Crippen LogP contribution in [0.3, 0.4) is 0 Å². The maximum Gasteiger partial charge on any atom is 0.243 e. The second-order valence-electron chi connectivity index (χ2n) is 9.12. The molecule has 35 heavy (non-hydrogen) atoms. The van der Waals surface area contributed by atoms with E-state index in [-0.39, 0.29) is 16.8 Å². The van der Waals surface area contributed by atoms with Gasteiger partial charge in [-0.15, -0.1) is 0 Å². The van der Waals surface area contributed by atoms with E-state index in [9.17, 15) is 13.2 Å². The lowest BCUT2D eigenvalue weighted by Gasteiger charge is -2.38. The number of aromatic amines is 1. The molecule has 1 atom stereocenters. The molecular weight excluding hydrogens is 466 g/mol. The minimum Gasteiger partial charge on any atom is -0.353 e. The van der Waals surface area contributed by atoms with Gasteiger partial charge in [-0.05, 0) is 44.0 Å². The number of carbonyl (C=O) groups excluding carboxylic acids is 1. The Bertz CT molecular complexity index is 1300. The number of H-pyrrole nitrogens is 1. The van der Waals surface area contributed by atoms with E-state index < -0.39 is 10.0 Å². The van der Waals surface area contributed by atoms with Gasteiger partial charge in [-0.2, -0.15) is 4.31 Å². The molecule has 11 heteroatoms. The number of amides is 1. The van der Waals surface area contributed by atoms with Crippen LogP contribution in [0, 0.1) is 0 Å². The predicted octanol–water partition coefficient (Wildman–Crippen LogP) is 2.28. The van der Waals surface area contributed by atoms with Crippen LogP contribution in [0.2, 0.25) is 0 Å². The van der Waals surface area contributed by atoms with Crippen LogP contribution in [-0.2, 0) is 14.8 Å². The number of rotatable bonds is 6. The zero-order valence-electron chi connectivity index (χ0n) is 19.9. The summed E-state index contributed by atoms with van der Waals surface area (Å²) in [7, 11) is -3.55. The maximum absolute atomic E-state index is 13.0. The first-order valence-electron chi connectivity index (χ1n) is 12.1. The van der Waals surface area contributed by atoms with Gasteiger partial charge in [0.15, 0.2) is 0 Å². The largest absolute Gasteiger partial charge is 0.353 e. The summed E-state index contributed by atoms with van der Waals surface area (Å²) in [4.78, 5) is 29.4. The Morgan fingerprint density at radius 2 is 1.80 bits per heavy atom. The van der Waals surface area contributed by atoms with Crippen LogP contribution in [0.5, 0.6) is 0 Å². The van der Waals surface area contributed by atoms with Gasteiger partial charge in [-0.3, -0.25) is 9.69 Å². The number of anilines is 2. The highest BCUT2D eigenvalue weighted by Gasteiger charge is 2.28. The SMILES string of the molecule is CC(C(=O)Nc1cccc(S(=O)(=O)N2CCCCC2)c1)N1CCN(c2ncnc3[nH]ccc23)CC1. The number of hydrogen-bond acceptors (Lipinski definition) is 7. The molecule has 2 aromatic heterocycles. The Balaban J connectivity index is 1.21. The molecule has 2 aliphatic heterocycles. The third kappa shape index (κ3) is 4.89. The molecule has 2 N–H and O–H groups in total. The fourth-order valence-electron chi connectivity index (χ4n) is 4.83. The zero-order valence-corrected chi connectivity index (χ0v) is 20.7. The van der Waals surface area contributed by atoms with Crippen LogP contribution in [0.4, 0.5) is 11.5 Å². The lowest BCUT2D eigenvalue weighted by atomic mass is 10.2. The number of fused-ring (bicyclic) bond motifs is 1. The quantitative estimate of drug-likeness (QED) is 0.537. The summed E-state index contributed by atoms with van der Waals surface area (Å²) in [5.41, 5.74) is 1.31. The van der Waals surface area contributed by atoms with Gasteiger partial charge >= 0.3 is 0 Å². The Morgan fingerprint density at radius 1 is 1.03 bits per heavy atom. The van der Waals surface area contributed by atoms with E-state index in [0.717, 1.165) is 49.2 Å². The number of piperazine rings is 1. The summed E-state index contributed by atoms with van der Waals surface area (Å²) < 4.78 is 27.6. The summed E-state index contributed by atoms with van der Waals surface area (Å²) in [5.74, 6) is 0.751. The number of benzene rings is 1. The average Bonchev–Trinajstić information content (AvgIpc) is 3.38. The minimum absolute atomic E-state index is 0.152. The van der Waals surface area contributed by atoms with Crippen molar-refractivity contribution in [1.82, 2.24) is 24.2 Å². The summed E-state index contributed by atoms with van der Waals surface area (Å²) in [6.07, 6.45) is 6.25. The van der Waals surface area contributed by atoms with Crippen LogP contribution in [0.25, 0.3) is 11.0 Å². The van der Waals surface area contributed by atoms with E-state index in [1.165, 1.54) is 0 Å². The first-order valence-corrected chi connectivity index (χ1v) is 13.6. The van der Waals surface area contributed by atoms with Crippen molar-refractivity contribution in [3.8, 4) is 0 Å². The van der Waals surface area contributed by atoms with Crippen molar-refractivity contribution in [2.45, 2.75) is 37.1 Å². The lowest BCUT2D eigenvalue weighted by molar-refractivity contribution is -0.120. The number of aromatic nitrogens is 3. The fraction of sp³-hybridized carbons (Fsp3) is 0.458. The van der Waals surface area contributed by atoms with Crippen molar-refractivity contribution >= 4 is 38.5 Å². The minimum atomic E-state index is -3.55. The Labute approximate surface area is 205 Å². The monoisotopic (exact) mass is 497 g/mol. The molecule has 5 rings (SSSR count). The number of piperidine rings is 1. The van der Waals surface area contributed by atoms with E-state index in [1.807, 2.05) is 19.2 Å². The van der Waals surface area contributed by atoms with Crippen LogP contribution < -0.4 is 10.2 Å². The van der Waals surface area contributed by atoms with E-state index in [2.05, 4.69) is 30.1 Å². The summed E-state index contributed by atoms with van der Waals surface area (Å²) in [6, 6.07) is 8.19. The predicted molar refractivity (Wildman–Crippen MR) is 135 cm³/mol.